The molecule has 0 radical (unpaired) electrons. The van der Waals surface area contributed by atoms with Gasteiger partial charge >= 0.3 is 0 Å². The molecule has 0 aliphatic carbocycles. The lowest BCUT2D eigenvalue weighted by Crippen LogP contribution is -2.54. The fourth-order valence-corrected chi connectivity index (χ4v) is 2.41. The van der Waals surface area contributed by atoms with E-state index in [2.05, 4.69) is 67.2 Å². The molecule has 1 aliphatic heterocycles. The predicted molar refractivity (Wildman–Crippen MR) is 92.0 cm³/mol. The number of hydrogen-bond donors (Lipinski definition) is 2. The van der Waals surface area contributed by atoms with Gasteiger partial charge in [0.2, 0.25) is 0 Å². The Kier molecular flexibility index (Phi) is 6.94. The van der Waals surface area contributed by atoms with Gasteiger partial charge in [-0.05, 0) is 54.6 Å². The summed E-state index contributed by atoms with van der Waals surface area (Å²) in [6, 6.07) is 1.19. The van der Waals surface area contributed by atoms with Crippen molar-refractivity contribution in [1.29, 1.82) is 0 Å². The van der Waals surface area contributed by atoms with Gasteiger partial charge < -0.3 is 20.4 Å². The minimum Gasteiger partial charge on any atom is -0.355 e. The van der Waals surface area contributed by atoms with E-state index in [0.717, 1.165) is 12.5 Å². The van der Waals surface area contributed by atoms with Crippen LogP contribution in [0.2, 0.25) is 0 Å². The third-order valence-electron chi connectivity index (χ3n) is 4.72. The predicted octanol–water partition coefficient (Wildman–Crippen LogP) is 1.36. The van der Waals surface area contributed by atoms with E-state index in [-0.39, 0.29) is 5.54 Å². The van der Waals surface area contributed by atoms with Gasteiger partial charge in [-0.15, -0.1) is 0 Å². The van der Waals surface area contributed by atoms with Crippen molar-refractivity contribution < 1.29 is 0 Å². The summed E-state index contributed by atoms with van der Waals surface area (Å²) in [7, 11) is 6.07. The van der Waals surface area contributed by atoms with Gasteiger partial charge in [-0.3, -0.25) is 4.99 Å². The molecule has 2 N–H and O–H groups in total. The van der Waals surface area contributed by atoms with E-state index in [1.165, 1.54) is 25.9 Å². The van der Waals surface area contributed by atoms with Crippen LogP contribution in [0.3, 0.4) is 0 Å². The fraction of sp³-hybridized carbons (Fsp3) is 0.938. The number of nitrogens with zero attached hydrogens (tertiary/aromatic N) is 3. The van der Waals surface area contributed by atoms with E-state index < -0.39 is 0 Å². The Morgan fingerprint density at radius 2 is 1.86 bits per heavy atom. The lowest BCUT2D eigenvalue weighted by Gasteiger charge is -2.36. The summed E-state index contributed by atoms with van der Waals surface area (Å²) in [5.74, 6) is 0.924. The van der Waals surface area contributed by atoms with E-state index in [9.17, 15) is 0 Å². The summed E-state index contributed by atoms with van der Waals surface area (Å²) in [4.78, 5) is 9.14. The number of likely N-dealkylation sites (tertiary alicyclic amines) is 1. The topological polar surface area (TPSA) is 42.9 Å². The molecule has 0 atom stereocenters. The molecule has 124 valence electrons. The second-order valence-corrected chi connectivity index (χ2v) is 7.18. The molecular formula is C16H35N5. The standard InChI is InChI=1S/C16H35N5/c1-13(2)21-10-8-14(9-11-21)19-15(17-5)18-12-16(3,4)20(6)7/h13-14H,8-12H2,1-7H3,(H2,17,18,19). The molecule has 0 bridgehead atoms. The number of likely N-dealkylation sites (N-methyl/N-ethyl adjacent to an activating group) is 1. The largest absolute Gasteiger partial charge is 0.355 e. The minimum absolute atomic E-state index is 0.110. The maximum atomic E-state index is 4.36. The molecule has 1 aliphatic rings. The molecule has 5 nitrogen and oxygen atoms in total. The molecule has 0 amide bonds. The first-order valence-electron chi connectivity index (χ1n) is 8.15. The van der Waals surface area contributed by atoms with Crippen LogP contribution < -0.4 is 10.6 Å². The van der Waals surface area contributed by atoms with E-state index >= 15 is 0 Å². The summed E-state index contributed by atoms with van der Waals surface area (Å²) in [5, 5.41) is 7.03. The minimum atomic E-state index is 0.110. The van der Waals surface area contributed by atoms with Crippen LogP contribution in [0.5, 0.6) is 0 Å². The third-order valence-corrected chi connectivity index (χ3v) is 4.72. The zero-order valence-corrected chi connectivity index (χ0v) is 15.0. The van der Waals surface area contributed by atoms with Gasteiger partial charge in [-0.1, -0.05) is 0 Å². The van der Waals surface area contributed by atoms with Crippen molar-refractivity contribution in [3.8, 4) is 0 Å². The first-order chi connectivity index (χ1) is 9.76. The second-order valence-electron chi connectivity index (χ2n) is 7.18. The van der Waals surface area contributed by atoms with Crippen LogP contribution in [0.25, 0.3) is 0 Å². The zero-order valence-electron chi connectivity index (χ0n) is 15.0. The number of nitrogens with one attached hydrogen (secondary N) is 2. The molecule has 0 unspecified atom stereocenters. The SMILES string of the molecule is CN=C(NCC(C)(C)N(C)C)NC1CCN(C(C)C)CC1. The highest BCUT2D eigenvalue weighted by Gasteiger charge is 2.23. The van der Waals surface area contributed by atoms with Crippen LogP contribution in [0.4, 0.5) is 0 Å². The fourth-order valence-electron chi connectivity index (χ4n) is 2.41. The van der Waals surface area contributed by atoms with Crippen molar-refractivity contribution in [3.63, 3.8) is 0 Å². The summed E-state index contributed by atoms with van der Waals surface area (Å²) in [5.41, 5.74) is 0.110. The van der Waals surface area contributed by atoms with Crippen molar-refractivity contribution in [1.82, 2.24) is 20.4 Å². The van der Waals surface area contributed by atoms with Gasteiger partial charge in [0.15, 0.2) is 5.96 Å². The Morgan fingerprint density at radius 1 is 1.29 bits per heavy atom. The monoisotopic (exact) mass is 297 g/mol. The summed E-state index contributed by atoms with van der Waals surface area (Å²) < 4.78 is 0. The third kappa shape index (κ3) is 5.83. The van der Waals surface area contributed by atoms with Gasteiger partial charge in [0.1, 0.15) is 0 Å². The first-order valence-corrected chi connectivity index (χ1v) is 8.15. The van der Waals surface area contributed by atoms with Crippen LogP contribution in [-0.4, -0.2) is 74.2 Å². The van der Waals surface area contributed by atoms with E-state index in [0.29, 0.717) is 12.1 Å². The average molecular weight is 297 g/mol. The quantitative estimate of drug-likeness (QED) is 0.594. The van der Waals surface area contributed by atoms with Gasteiger partial charge in [0, 0.05) is 44.3 Å². The second kappa shape index (κ2) is 7.99. The Morgan fingerprint density at radius 3 is 2.29 bits per heavy atom. The average Bonchev–Trinajstić information content (AvgIpc) is 2.43. The molecule has 1 saturated heterocycles. The van der Waals surface area contributed by atoms with Crippen molar-refractivity contribution in [2.75, 3.05) is 40.8 Å². The maximum absolute atomic E-state index is 4.36. The highest BCUT2D eigenvalue weighted by molar-refractivity contribution is 5.80. The van der Waals surface area contributed by atoms with Crippen LogP contribution in [0.1, 0.15) is 40.5 Å². The van der Waals surface area contributed by atoms with Crippen molar-refractivity contribution in [2.24, 2.45) is 4.99 Å². The van der Waals surface area contributed by atoms with Gasteiger partial charge in [-0.2, -0.15) is 0 Å². The van der Waals surface area contributed by atoms with Gasteiger partial charge in [0.25, 0.3) is 0 Å². The Labute approximate surface area is 131 Å². The summed E-state index contributed by atoms with van der Waals surface area (Å²) in [6.07, 6.45) is 2.38. The Hall–Kier alpha value is -0.810. The molecule has 21 heavy (non-hydrogen) atoms. The Bertz CT molecular complexity index is 328. The lowest BCUT2D eigenvalue weighted by atomic mass is 10.0. The van der Waals surface area contributed by atoms with E-state index in [4.69, 9.17) is 0 Å². The number of guanidine groups is 1. The molecule has 1 rings (SSSR count). The van der Waals surface area contributed by atoms with Gasteiger partial charge in [-0.25, -0.2) is 0 Å². The zero-order chi connectivity index (χ0) is 16.0. The number of rotatable bonds is 5. The van der Waals surface area contributed by atoms with Crippen LogP contribution in [0, 0.1) is 0 Å². The lowest BCUT2D eigenvalue weighted by molar-refractivity contribution is 0.166. The van der Waals surface area contributed by atoms with Crippen molar-refractivity contribution in [2.45, 2.75) is 58.2 Å². The molecule has 0 aromatic heterocycles. The van der Waals surface area contributed by atoms with Crippen LogP contribution >= 0.6 is 0 Å². The molecule has 5 heteroatoms. The normalized spacial score (nSPS) is 19.4. The first kappa shape index (κ1) is 18.2. The van der Waals surface area contributed by atoms with Crippen LogP contribution in [-0.2, 0) is 0 Å². The highest BCUT2D eigenvalue weighted by Crippen LogP contribution is 2.13. The van der Waals surface area contributed by atoms with Crippen molar-refractivity contribution in [3.05, 3.63) is 0 Å². The highest BCUT2D eigenvalue weighted by atomic mass is 15.2. The van der Waals surface area contributed by atoms with Gasteiger partial charge in [0.05, 0.1) is 0 Å². The molecule has 0 spiro atoms. The van der Waals surface area contributed by atoms with E-state index in [1.54, 1.807) is 0 Å². The summed E-state index contributed by atoms with van der Waals surface area (Å²) >= 11 is 0. The molecule has 1 fully saturated rings. The molecule has 1 heterocycles. The smallest absolute Gasteiger partial charge is 0.191 e. The number of aliphatic imine (C=N–C) groups is 1. The Balaban J connectivity index is 2.39. The van der Waals surface area contributed by atoms with Crippen LogP contribution in [0.15, 0.2) is 4.99 Å². The molecular weight excluding hydrogens is 262 g/mol. The van der Waals surface area contributed by atoms with E-state index in [1.807, 2.05) is 7.05 Å². The molecule has 0 saturated carbocycles. The molecule has 0 aromatic rings. The number of hydrogen-bond acceptors (Lipinski definition) is 3. The molecule has 0 aromatic carbocycles. The summed E-state index contributed by atoms with van der Waals surface area (Å²) in [6.45, 7) is 12.2. The maximum Gasteiger partial charge on any atom is 0.191 e. The number of piperidine rings is 1. The van der Waals surface area contributed by atoms with Crippen molar-refractivity contribution >= 4 is 5.96 Å².